The molecule has 0 unspecified atom stereocenters. The highest BCUT2D eigenvalue weighted by Gasteiger charge is 2.15. The quantitative estimate of drug-likeness (QED) is 0.212. The first-order valence-electron chi connectivity index (χ1n) is 13.6. The lowest BCUT2D eigenvalue weighted by molar-refractivity contribution is 0.153. The molecule has 8 nitrogen and oxygen atoms in total. The minimum atomic E-state index is 0.439. The summed E-state index contributed by atoms with van der Waals surface area (Å²) >= 11 is 8.14. The fourth-order valence-electron chi connectivity index (χ4n) is 4.83. The van der Waals surface area contributed by atoms with Gasteiger partial charge in [-0.15, -0.1) is 0 Å². The van der Waals surface area contributed by atoms with E-state index in [0.717, 1.165) is 83.5 Å². The lowest BCUT2D eigenvalue weighted by Crippen LogP contribution is -2.44. The summed E-state index contributed by atoms with van der Waals surface area (Å²) in [4.78, 5) is 14.8. The van der Waals surface area contributed by atoms with Crippen LogP contribution in [0.15, 0.2) is 65.1 Å². The Balaban J connectivity index is 1.33. The Kier molecular flexibility index (Phi) is 9.47. The van der Waals surface area contributed by atoms with Crippen LogP contribution in [0, 0.1) is 11.3 Å². The predicted molar refractivity (Wildman–Crippen MR) is 167 cm³/mol. The molecule has 1 saturated heterocycles. The number of pyridine rings is 1. The van der Waals surface area contributed by atoms with E-state index in [9.17, 15) is 5.26 Å². The average molecular weight is 588 g/mol. The van der Waals surface area contributed by atoms with E-state index in [-0.39, 0.29) is 0 Å². The van der Waals surface area contributed by atoms with E-state index in [1.165, 1.54) is 11.8 Å². The van der Waals surface area contributed by atoms with E-state index in [0.29, 0.717) is 16.3 Å². The summed E-state index contributed by atoms with van der Waals surface area (Å²) in [5.41, 5.74) is 3.61. The minimum absolute atomic E-state index is 0.439. The summed E-state index contributed by atoms with van der Waals surface area (Å²) in [6, 6.07) is 12.0. The molecule has 4 aromatic rings. The number of benzene rings is 2. The van der Waals surface area contributed by atoms with Crippen LogP contribution < -0.4 is 10.1 Å². The monoisotopic (exact) mass is 587 g/mol. The normalized spacial score (nSPS) is 14.5. The first kappa shape index (κ1) is 29.0. The molecule has 0 amide bonds. The Labute approximate surface area is 250 Å². The Morgan fingerprint density at radius 2 is 1.98 bits per heavy atom. The number of aryl methyl sites for hydroxylation is 1. The topological polar surface area (TPSA) is 82.2 Å². The molecule has 10 heteroatoms. The zero-order valence-corrected chi connectivity index (χ0v) is 25.2. The largest absolute Gasteiger partial charge is 0.496 e. The summed E-state index contributed by atoms with van der Waals surface area (Å²) in [5.74, 6) is 0.729. The molecule has 1 fully saturated rings. The number of likely N-dealkylation sites (N-methyl/N-ethyl adjacent to an activating group) is 1. The summed E-state index contributed by atoms with van der Waals surface area (Å²) in [5, 5.41) is 15.5. The SMILES string of the molecule is COc1cc2c(Nc3ccc(Sc4nccn4C)c(Cl)c3)c(C#N)cnc2cc1/C=C/CCCN1CCN(C)CC1. The highest BCUT2D eigenvalue weighted by Crippen LogP contribution is 2.37. The van der Waals surface area contributed by atoms with Crippen molar-refractivity contribution in [2.24, 2.45) is 7.05 Å². The van der Waals surface area contributed by atoms with Gasteiger partial charge < -0.3 is 24.4 Å². The van der Waals surface area contributed by atoms with Gasteiger partial charge in [0.15, 0.2) is 5.16 Å². The van der Waals surface area contributed by atoms with E-state index >= 15 is 0 Å². The number of nitrogens with zero attached hydrogens (tertiary/aromatic N) is 6. The third-order valence-corrected chi connectivity index (χ3v) is 8.83. The molecule has 0 saturated carbocycles. The molecule has 212 valence electrons. The molecule has 0 radical (unpaired) electrons. The van der Waals surface area contributed by atoms with E-state index in [1.807, 2.05) is 48.1 Å². The Morgan fingerprint density at radius 3 is 2.68 bits per heavy atom. The van der Waals surface area contributed by atoms with Crippen molar-refractivity contribution >= 4 is 51.7 Å². The molecule has 41 heavy (non-hydrogen) atoms. The first-order chi connectivity index (χ1) is 19.9. The molecule has 0 bridgehead atoms. The van der Waals surface area contributed by atoms with Gasteiger partial charge in [-0.25, -0.2) is 4.98 Å². The smallest absolute Gasteiger partial charge is 0.172 e. The van der Waals surface area contributed by atoms with E-state index < -0.39 is 0 Å². The average Bonchev–Trinajstić information content (AvgIpc) is 3.39. The van der Waals surface area contributed by atoms with Crippen LogP contribution in [0.4, 0.5) is 11.4 Å². The van der Waals surface area contributed by atoms with Gasteiger partial charge in [0.2, 0.25) is 0 Å². The van der Waals surface area contributed by atoms with Gasteiger partial charge in [0, 0.05) is 73.3 Å². The van der Waals surface area contributed by atoms with E-state index in [1.54, 1.807) is 19.5 Å². The molecule has 1 N–H and O–H groups in total. The molecule has 2 aromatic heterocycles. The van der Waals surface area contributed by atoms with E-state index in [2.05, 4.69) is 50.4 Å². The number of imidazole rings is 1. The van der Waals surface area contributed by atoms with Gasteiger partial charge in [0.05, 0.1) is 28.9 Å². The second-order valence-corrected chi connectivity index (χ2v) is 11.6. The minimum Gasteiger partial charge on any atom is -0.496 e. The number of unbranched alkanes of at least 4 members (excludes halogenated alkanes) is 1. The summed E-state index contributed by atoms with van der Waals surface area (Å²) in [7, 11) is 5.80. The van der Waals surface area contributed by atoms with Crippen molar-refractivity contribution in [2.75, 3.05) is 52.2 Å². The third-order valence-electron chi connectivity index (χ3n) is 7.26. The van der Waals surface area contributed by atoms with Crippen molar-refractivity contribution in [3.05, 3.63) is 71.1 Å². The van der Waals surface area contributed by atoms with Crippen LogP contribution in [0.2, 0.25) is 5.02 Å². The van der Waals surface area contributed by atoms with Crippen LogP contribution in [-0.4, -0.2) is 71.2 Å². The number of fused-ring (bicyclic) bond motifs is 1. The van der Waals surface area contributed by atoms with Crippen molar-refractivity contribution in [1.82, 2.24) is 24.3 Å². The predicted octanol–water partition coefficient (Wildman–Crippen LogP) is 6.44. The third kappa shape index (κ3) is 7.03. The number of aromatic nitrogens is 3. The number of allylic oxidation sites excluding steroid dienone is 1. The van der Waals surface area contributed by atoms with Crippen LogP contribution in [0.1, 0.15) is 24.0 Å². The van der Waals surface area contributed by atoms with Crippen LogP contribution in [-0.2, 0) is 7.05 Å². The Hall–Kier alpha value is -3.55. The first-order valence-corrected chi connectivity index (χ1v) is 14.8. The number of halogens is 1. The lowest BCUT2D eigenvalue weighted by atomic mass is 10.0. The maximum absolute atomic E-state index is 9.86. The number of methoxy groups -OCH3 is 1. The highest BCUT2D eigenvalue weighted by molar-refractivity contribution is 7.99. The van der Waals surface area contributed by atoms with Gasteiger partial charge in [-0.2, -0.15) is 5.26 Å². The molecule has 2 aromatic carbocycles. The van der Waals surface area contributed by atoms with Crippen molar-refractivity contribution in [3.8, 4) is 11.8 Å². The van der Waals surface area contributed by atoms with Crippen molar-refractivity contribution < 1.29 is 4.74 Å². The number of ether oxygens (including phenoxy) is 1. The maximum Gasteiger partial charge on any atom is 0.172 e. The molecule has 0 atom stereocenters. The van der Waals surface area contributed by atoms with Crippen molar-refractivity contribution in [1.29, 1.82) is 5.26 Å². The number of hydrogen-bond donors (Lipinski definition) is 1. The van der Waals surface area contributed by atoms with Crippen molar-refractivity contribution in [2.45, 2.75) is 22.9 Å². The number of nitrogens with one attached hydrogen (secondary N) is 1. The van der Waals surface area contributed by atoms with Gasteiger partial charge in [-0.05, 0) is 56.8 Å². The second kappa shape index (κ2) is 13.4. The van der Waals surface area contributed by atoms with Crippen LogP contribution in [0.25, 0.3) is 17.0 Å². The zero-order chi connectivity index (χ0) is 28.8. The fraction of sp³-hybridized carbons (Fsp3) is 0.323. The standard InChI is InChI=1S/C31H34ClN7OS/c1-37-13-15-39(16-14-37)11-6-4-5-7-22-17-27-25(19-28(22)40-3)30(23(20-33)21-35-27)36-24-8-9-29(26(32)18-24)41-31-34-10-12-38(31)2/h5,7-10,12,17-19,21H,4,6,11,13-16H2,1-3H3,(H,35,36)/b7-5+. The fourth-order valence-corrected chi connectivity index (χ4v) is 5.93. The summed E-state index contributed by atoms with van der Waals surface area (Å²) in [6.45, 7) is 5.69. The number of nitriles is 1. The molecule has 0 aliphatic carbocycles. The number of anilines is 2. The lowest BCUT2D eigenvalue weighted by Gasteiger charge is -2.32. The van der Waals surface area contributed by atoms with Gasteiger partial charge in [-0.3, -0.25) is 4.98 Å². The summed E-state index contributed by atoms with van der Waals surface area (Å²) in [6.07, 6.45) is 11.7. The number of rotatable bonds is 10. The van der Waals surface area contributed by atoms with E-state index in [4.69, 9.17) is 16.3 Å². The maximum atomic E-state index is 9.86. The van der Waals surface area contributed by atoms with Crippen LogP contribution in [0.3, 0.4) is 0 Å². The molecule has 1 aliphatic rings. The van der Waals surface area contributed by atoms with Gasteiger partial charge in [0.1, 0.15) is 11.8 Å². The zero-order valence-electron chi connectivity index (χ0n) is 23.6. The van der Waals surface area contributed by atoms with Gasteiger partial charge in [-0.1, -0.05) is 35.5 Å². The molecule has 3 heterocycles. The van der Waals surface area contributed by atoms with Crippen molar-refractivity contribution in [3.63, 3.8) is 0 Å². The highest BCUT2D eigenvalue weighted by atomic mass is 35.5. The summed E-state index contributed by atoms with van der Waals surface area (Å²) < 4.78 is 7.70. The van der Waals surface area contributed by atoms with Gasteiger partial charge in [0.25, 0.3) is 0 Å². The number of hydrogen-bond acceptors (Lipinski definition) is 8. The van der Waals surface area contributed by atoms with Crippen LogP contribution >= 0.6 is 23.4 Å². The second-order valence-electron chi connectivity index (χ2n) is 10.2. The Bertz CT molecular complexity index is 1590. The molecule has 0 spiro atoms. The Morgan fingerprint density at radius 1 is 1.15 bits per heavy atom. The molecule has 1 aliphatic heterocycles. The molecular formula is C31H34ClN7OS. The molecule has 5 rings (SSSR count). The molecular weight excluding hydrogens is 554 g/mol. The van der Waals surface area contributed by atoms with Gasteiger partial charge >= 0.3 is 0 Å². The number of piperazine rings is 1. The van der Waals surface area contributed by atoms with Crippen LogP contribution in [0.5, 0.6) is 5.75 Å².